The topological polar surface area (TPSA) is 86.4 Å². The quantitative estimate of drug-likeness (QED) is 0.795. The van der Waals surface area contributed by atoms with Crippen LogP contribution in [0.15, 0.2) is 29.1 Å². The molecule has 1 aromatic heterocycles. The van der Waals surface area contributed by atoms with Crippen molar-refractivity contribution in [2.45, 2.75) is 57.5 Å². The number of aromatic amines is 1. The first-order chi connectivity index (χ1) is 15.5. The average molecular weight is 439 g/mol. The molecule has 168 valence electrons. The lowest BCUT2D eigenvalue weighted by atomic mass is 9.99. The summed E-state index contributed by atoms with van der Waals surface area (Å²) in [6.45, 7) is 1.43. The fraction of sp³-hybridized carbons (Fsp3) is 0.500. The third-order valence-electron chi connectivity index (χ3n) is 6.76. The molecule has 2 aliphatic heterocycles. The first-order valence-electron chi connectivity index (χ1n) is 11.4. The van der Waals surface area contributed by atoms with Gasteiger partial charge in [0.25, 0.3) is 5.56 Å². The van der Waals surface area contributed by atoms with Crippen LogP contribution in [0.4, 0.5) is 4.39 Å². The molecular formula is C24H27FN4O3. The van der Waals surface area contributed by atoms with E-state index in [1.807, 2.05) is 0 Å². The summed E-state index contributed by atoms with van der Waals surface area (Å²) in [5.74, 6) is 0.203. The van der Waals surface area contributed by atoms with Crippen LogP contribution in [0.2, 0.25) is 0 Å². The first kappa shape index (κ1) is 20.8. The number of rotatable bonds is 4. The summed E-state index contributed by atoms with van der Waals surface area (Å²) in [6, 6.07) is 5.98. The molecule has 3 aliphatic rings. The molecule has 0 radical (unpaired) electrons. The molecule has 5 rings (SSSR count). The van der Waals surface area contributed by atoms with Gasteiger partial charge in [-0.05, 0) is 43.7 Å². The van der Waals surface area contributed by atoms with Gasteiger partial charge in [-0.15, -0.1) is 0 Å². The Balaban J connectivity index is 1.37. The van der Waals surface area contributed by atoms with E-state index in [0.29, 0.717) is 49.4 Å². The van der Waals surface area contributed by atoms with E-state index < -0.39 is 0 Å². The molecule has 0 spiro atoms. The average Bonchev–Trinajstić information content (AvgIpc) is 3.65. The molecule has 3 heterocycles. The highest BCUT2D eigenvalue weighted by molar-refractivity contribution is 5.81. The lowest BCUT2D eigenvalue weighted by Gasteiger charge is -2.36. The number of amides is 2. The zero-order chi connectivity index (χ0) is 22.2. The van der Waals surface area contributed by atoms with E-state index in [1.165, 1.54) is 6.07 Å². The van der Waals surface area contributed by atoms with E-state index in [1.54, 1.807) is 28.0 Å². The number of benzene rings is 1. The van der Waals surface area contributed by atoms with Gasteiger partial charge in [0.2, 0.25) is 11.8 Å². The number of aromatic nitrogens is 2. The van der Waals surface area contributed by atoms with Gasteiger partial charge in [0.1, 0.15) is 11.6 Å². The number of H-pyrrole nitrogens is 1. The third-order valence-corrected chi connectivity index (χ3v) is 6.76. The predicted octanol–water partition coefficient (Wildman–Crippen LogP) is 2.50. The van der Waals surface area contributed by atoms with Crippen LogP contribution in [0.5, 0.6) is 0 Å². The van der Waals surface area contributed by atoms with E-state index >= 15 is 0 Å². The van der Waals surface area contributed by atoms with E-state index in [9.17, 15) is 18.8 Å². The Kier molecular flexibility index (Phi) is 5.53. The van der Waals surface area contributed by atoms with Crippen molar-refractivity contribution in [1.29, 1.82) is 0 Å². The molecule has 1 atom stereocenters. The number of carbonyl (C=O) groups excluding carboxylic acids is 2. The maximum absolute atomic E-state index is 14.1. The summed E-state index contributed by atoms with van der Waals surface area (Å²) in [5, 5.41) is 0. The maximum Gasteiger partial charge on any atom is 0.256 e. The van der Waals surface area contributed by atoms with Crippen molar-refractivity contribution in [3.63, 3.8) is 0 Å². The number of nitrogens with zero attached hydrogens (tertiary/aromatic N) is 3. The largest absolute Gasteiger partial charge is 0.337 e. The molecule has 32 heavy (non-hydrogen) atoms. The molecule has 1 saturated carbocycles. The molecule has 1 aromatic carbocycles. The zero-order valence-electron chi connectivity index (χ0n) is 18.0. The molecule has 1 saturated heterocycles. The van der Waals surface area contributed by atoms with Crippen molar-refractivity contribution in [2.24, 2.45) is 5.92 Å². The fourth-order valence-corrected chi connectivity index (χ4v) is 4.80. The Hall–Kier alpha value is -3.03. The SMILES string of the molecule is O=C(C1CC1)N1CCc2nc([C@@H]3CCCCN3C(=O)Cc3ccccc3F)[nH]c(=O)c2C1. The van der Waals surface area contributed by atoms with Crippen LogP contribution in [0, 0.1) is 11.7 Å². The van der Waals surface area contributed by atoms with Gasteiger partial charge in [-0.25, -0.2) is 9.37 Å². The number of hydrogen-bond acceptors (Lipinski definition) is 4. The molecule has 1 N–H and O–H groups in total. The fourth-order valence-electron chi connectivity index (χ4n) is 4.80. The van der Waals surface area contributed by atoms with Crippen LogP contribution in [0.25, 0.3) is 0 Å². The zero-order valence-corrected chi connectivity index (χ0v) is 18.0. The number of fused-ring (bicyclic) bond motifs is 1. The summed E-state index contributed by atoms with van der Waals surface area (Å²) in [6.07, 6.45) is 4.90. The Morgan fingerprint density at radius 2 is 1.94 bits per heavy atom. The predicted molar refractivity (Wildman–Crippen MR) is 115 cm³/mol. The van der Waals surface area contributed by atoms with Crippen molar-refractivity contribution in [1.82, 2.24) is 19.8 Å². The van der Waals surface area contributed by atoms with E-state index in [0.717, 1.165) is 31.4 Å². The normalized spacial score (nSPS) is 20.7. The van der Waals surface area contributed by atoms with Crippen LogP contribution in [-0.4, -0.2) is 44.7 Å². The van der Waals surface area contributed by atoms with Crippen LogP contribution < -0.4 is 5.56 Å². The Morgan fingerprint density at radius 3 is 2.72 bits per heavy atom. The van der Waals surface area contributed by atoms with Crippen LogP contribution >= 0.6 is 0 Å². The molecule has 2 amide bonds. The Morgan fingerprint density at radius 1 is 1.12 bits per heavy atom. The summed E-state index contributed by atoms with van der Waals surface area (Å²) < 4.78 is 14.1. The molecule has 1 aliphatic carbocycles. The van der Waals surface area contributed by atoms with Crippen LogP contribution in [0.3, 0.4) is 0 Å². The van der Waals surface area contributed by atoms with E-state index in [4.69, 9.17) is 4.98 Å². The minimum Gasteiger partial charge on any atom is -0.337 e. The number of carbonyl (C=O) groups is 2. The van der Waals surface area contributed by atoms with Crippen LogP contribution in [0.1, 0.15) is 60.8 Å². The van der Waals surface area contributed by atoms with Gasteiger partial charge in [0, 0.05) is 25.4 Å². The van der Waals surface area contributed by atoms with E-state index in [2.05, 4.69) is 4.98 Å². The summed E-state index contributed by atoms with van der Waals surface area (Å²) >= 11 is 0. The minimum atomic E-state index is -0.389. The number of nitrogens with one attached hydrogen (secondary N) is 1. The van der Waals surface area contributed by atoms with Gasteiger partial charge in [0.15, 0.2) is 0 Å². The second kappa shape index (κ2) is 8.48. The third kappa shape index (κ3) is 4.06. The highest BCUT2D eigenvalue weighted by atomic mass is 19.1. The van der Waals surface area contributed by atoms with Crippen molar-refractivity contribution in [3.05, 3.63) is 63.1 Å². The maximum atomic E-state index is 14.1. The summed E-state index contributed by atoms with van der Waals surface area (Å²) in [4.78, 5) is 49.5. The standard InChI is InChI=1S/C24H27FN4O3/c25-18-6-2-1-5-16(18)13-21(30)29-11-4-3-7-20(29)22-26-19-10-12-28(24(32)15-8-9-15)14-17(19)23(31)27-22/h1-2,5-6,15,20H,3-4,7-14H2,(H,26,27,31)/t20-/m0/s1. The highest BCUT2D eigenvalue weighted by Gasteiger charge is 2.36. The van der Waals surface area contributed by atoms with Crippen molar-refractivity contribution in [3.8, 4) is 0 Å². The molecule has 0 bridgehead atoms. The lowest BCUT2D eigenvalue weighted by Crippen LogP contribution is -2.43. The monoisotopic (exact) mass is 438 g/mol. The Labute approximate surface area is 185 Å². The van der Waals surface area contributed by atoms with Gasteiger partial charge in [-0.1, -0.05) is 18.2 Å². The van der Waals surface area contributed by atoms with Crippen molar-refractivity contribution < 1.29 is 14.0 Å². The first-order valence-corrected chi connectivity index (χ1v) is 11.4. The second-order valence-corrected chi connectivity index (χ2v) is 9.03. The summed E-state index contributed by atoms with van der Waals surface area (Å²) in [7, 11) is 0. The molecule has 2 aromatic rings. The molecule has 2 fully saturated rings. The minimum absolute atomic E-state index is 0.0173. The number of piperidine rings is 1. The number of hydrogen-bond donors (Lipinski definition) is 1. The van der Waals surface area contributed by atoms with Crippen molar-refractivity contribution >= 4 is 11.8 Å². The summed E-state index contributed by atoms with van der Waals surface area (Å²) in [5.41, 5.74) is 1.41. The number of halogens is 1. The molecule has 0 unspecified atom stereocenters. The van der Waals surface area contributed by atoms with Gasteiger partial charge in [-0.3, -0.25) is 14.4 Å². The Bertz CT molecular complexity index is 1110. The van der Waals surface area contributed by atoms with E-state index in [-0.39, 0.29) is 41.6 Å². The smallest absolute Gasteiger partial charge is 0.256 e. The van der Waals surface area contributed by atoms with Gasteiger partial charge in [-0.2, -0.15) is 0 Å². The van der Waals surface area contributed by atoms with Crippen LogP contribution in [-0.2, 0) is 29.0 Å². The van der Waals surface area contributed by atoms with Crippen molar-refractivity contribution in [2.75, 3.05) is 13.1 Å². The molecule has 7 nitrogen and oxygen atoms in total. The second-order valence-electron chi connectivity index (χ2n) is 9.03. The van der Waals surface area contributed by atoms with Gasteiger partial charge in [0.05, 0.1) is 30.3 Å². The number of likely N-dealkylation sites (tertiary alicyclic amines) is 1. The highest BCUT2D eigenvalue weighted by Crippen LogP contribution is 2.33. The van der Waals surface area contributed by atoms with Gasteiger partial charge >= 0.3 is 0 Å². The van der Waals surface area contributed by atoms with Gasteiger partial charge < -0.3 is 14.8 Å². The molecule has 8 heteroatoms. The lowest BCUT2D eigenvalue weighted by molar-refractivity contribution is -0.135. The molecular weight excluding hydrogens is 411 g/mol.